The van der Waals surface area contributed by atoms with E-state index in [4.69, 9.17) is 5.11 Å². The van der Waals surface area contributed by atoms with Crippen LogP contribution in [-0.2, 0) is 11.3 Å². The number of aryl methyl sites for hydroxylation is 2. The van der Waals surface area contributed by atoms with Crippen molar-refractivity contribution in [3.63, 3.8) is 0 Å². The second kappa shape index (κ2) is 7.90. The Bertz CT molecular complexity index is 597. The van der Waals surface area contributed by atoms with Gasteiger partial charge >= 0.3 is 0 Å². The molecule has 0 saturated heterocycles. The number of aromatic amines is 1. The molecule has 0 saturated carbocycles. The largest absolute Gasteiger partial charge is 0.395 e. The molecule has 0 aliphatic heterocycles. The predicted octanol–water partition coefficient (Wildman–Crippen LogP) is 0.930. The Kier molecular flexibility index (Phi) is 5.91. The molecule has 0 aliphatic carbocycles. The molecular formula is C14H19N5O2S. The van der Waals surface area contributed by atoms with E-state index in [2.05, 4.69) is 19.9 Å². The van der Waals surface area contributed by atoms with Crippen LogP contribution in [-0.4, -0.2) is 54.8 Å². The maximum Gasteiger partial charge on any atom is 0.233 e. The van der Waals surface area contributed by atoms with Crippen molar-refractivity contribution in [2.45, 2.75) is 25.5 Å². The minimum Gasteiger partial charge on any atom is -0.395 e. The number of aromatic nitrogens is 4. The van der Waals surface area contributed by atoms with Crippen LogP contribution < -0.4 is 0 Å². The van der Waals surface area contributed by atoms with Crippen molar-refractivity contribution in [1.82, 2.24) is 24.8 Å². The number of aliphatic hydroxyl groups excluding tert-OH is 1. The fraction of sp³-hybridized carbons (Fsp3) is 0.429. The van der Waals surface area contributed by atoms with Crippen molar-refractivity contribution >= 4 is 17.7 Å². The molecule has 2 aromatic heterocycles. The molecule has 2 heterocycles. The molecule has 2 N–H and O–H groups in total. The Morgan fingerprint density at radius 2 is 2.09 bits per heavy atom. The fourth-order valence-corrected chi connectivity index (χ4v) is 2.81. The normalized spacial score (nSPS) is 10.7. The van der Waals surface area contributed by atoms with E-state index in [1.807, 2.05) is 19.9 Å². The Hall–Kier alpha value is -1.93. The summed E-state index contributed by atoms with van der Waals surface area (Å²) in [5, 5.41) is 9.71. The summed E-state index contributed by atoms with van der Waals surface area (Å²) in [5.41, 5.74) is 1.76. The van der Waals surface area contributed by atoms with Crippen LogP contribution in [0.1, 0.15) is 17.2 Å². The van der Waals surface area contributed by atoms with Gasteiger partial charge < -0.3 is 15.0 Å². The van der Waals surface area contributed by atoms with E-state index < -0.39 is 0 Å². The molecule has 2 rings (SSSR count). The van der Waals surface area contributed by atoms with Crippen LogP contribution in [0.15, 0.2) is 23.6 Å². The molecule has 22 heavy (non-hydrogen) atoms. The number of carbonyl (C=O) groups excluding carboxylic acids is 1. The standard InChI is InChI=1S/C14H19N5O2S/c1-10-7-11(2)18-14(17-10)22-9-13(21)19(5-6-20)8-12-15-3-4-16-12/h3-4,7,20H,5-6,8-9H2,1-2H3,(H,15,16). The number of rotatable bonds is 7. The third kappa shape index (κ3) is 4.81. The highest BCUT2D eigenvalue weighted by molar-refractivity contribution is 7.99. The molecule has 2 aromatic rings. The molecule has 0 bridgehead atoms. The SMILES string of the molecule is Cc1cc(C)nc(SCC(=O)N(CCO)Cc2ncc[nH]2)n1. The van der Waals surface area contributed by atoms with E-state index in [-0.39, 0.29) is 24.8 Å². The zero-order chi connectivity index (χ0) is 15.9. The number of amides is 1. The summed E-state index contributed by atoms with van der Waals surface area (Å²) >= 11 is 1.30. The second-order valence-corrected chi connectivity index (χ2v) is 5.74. The smallest absolute Gasteiger partial charge is 0.233 e. The van der Waals surface area contributed by atoms with Gasteiger partial charge in [0.15, 0.2) is 5.16 Å². The van der Waals surface area contributed by atoms with Gasteiger partial charge in [0.1, 0.15) is 5.82 Å². The molecule has 0 spiro atoms. The summed E-state index contributed by atoms with van der Waals surface area (Å²) in [6, 6.07) is 1.89. The number of thioether (sulfide) groups is 1. The fourth-order valence-electron chi connectivity index (χ4n) is 1.95. The number of carbonyl (C=O) groups is 1. The number of imidazole rings is 1. The maximum atomic E-state index is 12.3. The van der Waals surface area contributed by atoms with Crippen molar-refractivity contribution in [3.05, 3.63) is 35.7 Å². The van der Waals surface area contributed by atoms with Crippen molar-refractivity contribution in [2.24, 2.45) is 0 Å². The highest BCUT2D eigenvalue weighted by Crippen LogP contribution is 2.15. The third-order valence-corrected chi connectivity index (χ3v) is 3.74. The monoisotopic (exact) mass is 321 g/mol. The lowest BCUT2D eigenvalue weighted by molar-refractivity contribution is -0.129. The van der Waals surface area contributed by atoms with Gasteiger partial charge in [-0.05, 0) is 19.9 Å². The Morgan fingerprint density at radius 1 is 1.36 bits per heavy atom. The van der Waals surface area contributed by atoms with Gasteiger partial charge in [-0.2, -0.15) is 0 Å². The van der Waals surface area contributed by atoms with Crippen LogP contribution in [0.5, 0.6) is 0 Å². The summed E-state index contributed by atoms with van der Waals surface area (Å²) in [7, 11) is 0. The van der Waals surface area contributed by atoms with Gasteiger partial charge in [-0.1, -0.05) is 11.8 Å². The van der Waals surface area contributed by atoms with E-state index in [1.165, 1.54) is 11.8 Å². The maximum absolute atomic E-state index is 12.3. The van der Waals surface area contributed by atoms with Crippen molar-refractivity contribution in [3.8, 4) is 0 Å². The molecule has 8 heteroatoms. The molecule has 0 aliphatic rings. The summed E-state index contributed by atoms with van der Waals surface area (Å²) < 4.78 is 0. The average molecular weight is 321 g/mol. The Labute approximate surface area is 133 Å². The molecule has 0 fully saturated rings. The van der Waals surface area contributed by atoms with Crippen molar-refractivity contribution in [1.29, 1.82) is 0 Å². The number of nitrogens with one attached hydrogen (secondary N) is 1. The van der Waals surface area contributed by atoms with Crippen molar-refractivity contribution in [2.75, 3.05) is 18.9 Å². The first-order valence-corrected chi connectivity index (χ1v) is 7.89. The zero-order valence-electron chi connectivity index (χ0n) is 12.6. The minimum absolute atomic E-state index is 0.0850. The van der Waals surface area contributed by atoms with Crippen LogP contribution in [0.2, 0.25) is 0 Å². The van der Waals surface area contributed by atoms with Crippen LogP contribution in [0.4, 0.5) is 0 Å². The zero-order valence-corrected chi connectivity index (χ0v) is 13.4. The van der Waals surface area contributed by atoms with E-state index >= 15 is 0 Å². The highest BCUT2D eigenvalue weighted by Gasteiger charge is 2.15. The first kappa shape index (κ1) is 16.4. The van der Waals surface area contributed by atoms with Gasteiger partial charge in [-0.3, -0.25) is 4.79 Å². The molecule has 1 amide bonds. The summed E-state index contributed by atoms with van der Waals surface area (Å²) in [5.74, 6) is 0.830. The van der Waals surface area contributed by atoms with Gasteiger partial charge in [-0.15, -0.1) is 0 Å². The molecular weight excluding hydrogens is 302 g/mol. The lowest BCUT2D eigenvalue weighted by Gasteiger charge is -2.20. The molecule has 7 nitrogen and oxygen atoms in total. The van der Waals surface area contributed by atoms with Gasteiger partial charge in [0, 0.05) is 30.3 Å². The molecule has 0 atom stereocenters. The van der Waals surface area contributed by atoms with E-state index in [0.717, 1.165) is 11.4 Å². The lowest BCUT2D eigenvalue weighted by Crippen LogP contribution is -2.34. The Morgan fingerprint density at radius 3 is 2.68 bits per heavy atom. The van der Waals surface area contributed by atoms with Crippen molar-refractivity contribution < 1.29 is 9.90 Å². The second-order valence-electron chi connectivity index (χ2n) is 4.80. The van der Waals surface area contributed by atoms with Crippen LogP contribution in [0, 0.1) is 13.8 Å². The minimum atomic E-state index is -0.0861. The van der Waals surface area contributed by atoms with Gasteiger partial charge in [0.2, 0.25) is 5.91 Å². The summed E-state index contributed by atoms with van der Waals surface area (Å²) in [4.78, 5) is 29.5. The molecule has 0 radical (unpaired) electrons. The van der Waals surface area contributed by atoms with Crippen LogP contribution in [0.25, 0.3) is 0 Å². The number of hydrogen-bond acceptors (Lipinski definition) is 6. The first-order chi connectivity index (χ1) is 10.6. The van der Waals surface area contributed by atoms with Crippen LogP contribution in [0.3, 0.4) is 0 Å². The summed E-state index contributed by atoms with van der Waals surface area (Å²) in [6.07, 6.45) is 3.34. The molecule has 118 valence electrons. The number of hydrogen-bond donors (Lipinski definition) is 2. The number of nitrogens with zero attached hydrogens (tertiary/aromatic N) is 4. The Balaban J connectivity index is 1.95. The van der Waals surface area contributed by atoms with E-state index in [0.29, 0.717) is 17.5 Å². The number of H-pyrrole nitrogens is 1. The first-order valence-electron chi connectivity index (χ1n) is 6.90. The molecule has 0 unspecified atom stereocenters. The lowest BCUT2D eigenvalue weighted by atomic mass is 10.4. The summed E-state index contributed by atoms with van der Waals surface area (Å²) in [6.45, 7) is 4.33. The van der Waals surface area contributed by atoms with Crippen LogP contribution >= 0.6 is 11.8 Å². The van der Waals surface area contributed by atoms with E-state index in [1.54, 1.807) is 17.3 Å². The number of aliphatic hydroxyl groups is 1. The highest BCUT2D eigenvalue weighted by atomic mass is 32.2. The quantitative estimate of drug-likeness (QED) is 0.582. The van der Waals surface area contributed by atoms with Gasteiger partial charge in [-0.25, -0.2) is 15.0 Å². The topological polar surface area (TPSA) is 95.0 Å². The average Bonchev–Trinajstić information content (AvgIpc) is 2.96. The third-order valence-electron chi connectivity index (χ3n) is 2.90. The van der Waals surface area contributed by atoms with Gasteiger partial charge in [0.25, 0.3) is 0 Å². The van der Waals surface area contributed by atoms with E-state index in [9.17, 15) is 4.79 Å². The van der Waals surface area contributed by atoms with Gasteiger partial charge in [0.05, 0.1) is 18.9 Å². The predicted molar refractivity (Wildman–Crippen MR) is 83.3 cm³/mol. The molecule has 0 aromatic carbocycles.